The fourth-order valence-corrected chi connectivity index (χ4v) is 3.26. The van der Waals surface area contributed by atoms with Crippen LogP contribution in [0.5, 0.6) is 0 Å². The molecule has 0 amide bonds. The summed E-state index contributed by atoms with van der Waals surface area (Å²) in [7, 11) is -3.68. The van der Waals surface area contributed by atoms with Crippen molar-refractivity contribution in [3.63, 3.8) is 0 Å². The number of hydrogen-bond donors (Lipinski definition) is 2. The predicted octanol–water partition coefficient (Wildman–Crippen LogP) is 1.85. The van der Waals surface area contributed by atoms with Gasteiger partial charge in [-0.1, -0.05) is 11.6 Å². The summed E-state index contributed by atoms with van der Waals surface area (Å²) in [5.41, 5.74) is 6.34. The lowest BCUT2D eigenvalue weighted by atomic mass is 10.2. The molecule has 0 bridgehead atoms. The zero-order chi connectivity index (χ0) is 16.0. The van der Waals surface area contributed by atoms with Gasteiger partial charge in [0.1, 0.15) is 0 Å². The Morgan fingerprint density at radius 1 is 1.43 bits per heavy atom. The number of nitrogen functional groups attached to an aromatic ring is 1. The highest BCUT2D eigenvalue weighted by Crippen LogP contribution is 2.26. The molecule has 1 rings (SSSR count). The van der Waals surface area contributed by atoms with Crippen molar-refractivity contribution in [1.82, 2.24) is 4.72 Å². The molecule has 3 N–H and O–H groups in total. The Morgan fingerprint density at radius 2 is 2.10 bits per heavy atom. The maximum Gasteiger partial charge on any atom is 0.305 e. The van der Waals surface area contributed by atoms with Crippen molar-refractivity contribution in [2.45, 2.75) is 31.6 Å². The molecule has 0 fully saturated rings. The van der Waals surface area contributed by atoms with Crippen LogP contribution < -0.4 is 10.5 Å². The highest BCUT2D eigenvalue weighted by atomic mass is 35.5. The fourth-order valence-electron chi connectivity index (χ4n) is 1.71. The average molecular weight is 335 g/mol. The van der Waals surface area contributed by atoms with Gasteiger partial charge in [0.2, 0.25) is 10.0 Å². The molecule has 6 nitrogen and oxygen atoms in total. The average Bonchev–Trinajstić information content (AvgIpc) is 2.39. The summed E-state index contributed by atoms with van der Waals surface area (Å²) >= 11 is 5.84. The third-order valence-electron chi connectivity index (χ3n) is 2.74. The lowest BCUT2D eigenvalue weighted by molar-refractivity contribution is -0.143. The first-order valence-electron chi connectivity index (χ1n) is 6.49. The molecule has 0 aliphatic heterocycles. The van der Waals surface area contributed by atoms with Crippen molar-refractivity contribution >= 4 is 33.3 Å². The predicted molar refractivity (Wildman–Crippen MR) is 81.7 cm³/mol. The van der Waals surface area contributed by atoms with Crippen LogP contribution in [0.25, 0.3) is 0 Å². The van der Waals surface area contributed by atoms with Crippen LogP contribution >= 0.6 is 11.6 Å². The van der Waals surface area contributed by atoms with Crippen LogP contribution in [0.3, 0.4) is 0 Å². The second-order valence-corrected chi connectivity index (χ2v) is 6.59. The van der Waals surface area contributed by atoms with Crippen LogP contribution in [-0.4, -0.2) is 27.5 Å². The first kappa shape index (κ1) is 17.7. The van der Waals surface area contributed by atoms with Crippen molar-refractivity contribution < 1.29 is 17.9 Å². The maximum atomic E-state index is 12.2. The summed E-state index contributed by atoms with van der Waals surface area (Å²) in [6.07, 6.45) is 0.526. The smallest absolute Gasteiger partial charge is 0.305 e. The lowest BCUT2D eigenvalue weighted by Crippen LogP contribution is -2.26. The van der Waals surface area contributed by atoms with Crippen LogP contribution in [-0.2, 0) is 19.6 Å². The number of rotatable bonds is 7. The second-order valence-electron chi connectivity index (χ2n) is 4.45. The first-order valence-corrected chi connectivity index (χ1v) is 8.35. The van der Waals surface area contributed by atoms with Gasteiger partial charge in [-0.3, -0.25) is 4.79 Å². The van der Waals surface area contributed by atoms with Gasteiger partial charge in [0.15, 0.2) is 0 Å². The molecule has 0 atom stereocenters. The lowest BCUT2D eigenvalue weighted by Gasteiger charge is -2.11. The van der Waals surface area contributed by atoms with Gasteiger partial charge in [0, 0.05) is 13.0 Å². The van der Waals surface area contributed by atoms with Crippen molar-refractivity contribution in [2.75, 3.05) is 18.9 Å². The van der Waals surface area contributed by atoms with Crippen LogP contribution in [0.4, 0.5) is 5.69 Å². The molecule has 0 unspecified atom stereocenters. The molecule has 0 aromatic heterocycles. The molecule has 0 spiro atoms. The number of carbonyl (C=O) groups is 1. The minimum Gasteiger partial charge on any atom is -0.466 e. The molecule has 0 heterocycles. The number of nitrogens with two attached hydrogens (primary N) is 1. The zero-order valence-electron chi connectivity index (χ0n) is 12.0. The van der Waals surface area contributed by atoms with Gasteiger partial charge in [0.05, 0.1) is 22.2 Å². The van der Waals surface area contributed by atoms with E-state index in [1.807, 2.05) is 0 Å². The summed E-state index contributed by atoms with van der Waals surface area (Å²) in [4.78, 5) is 11.2. The number of benzene rings is 1. The van der Waals surface area contributed by atoms with Gasteiger partial charge in [-0.2, -0.15) is 0 Å². The van der Waals surface area contributed by atoms with Crippen LogP contribution in [0.2, 0.25) is 5.02 Å². The number of hydrogen-bond acceptors (Lipinski definition) is 5. The Kier molecular flexibility index (Phi) is 6.44. The van der Waals surface area contributed by atoms with E-state index in [9.17, 15) is 13.2 Å². The maximum absolute atomic E-state index is 12.2. The van der Waals surface area contributed by atoms with Crippen LogP contribution in [0.15, 0.2) is 17.0 Å². The molecular weight excluding hydrogens is 316 g/mol. The van der Waals surface area contributed by atoms with Gasteiger partial charge >= 0.3 is 5.97 Å². The van der Waals surface area contributed by atoms with Gasteiger partial charge in [0.25, 0.3) is 0 Å². The third kappa shape index (κ3) is 5.18. The Morgan fingerprint density at radius 3 is 2.71 bits per heavy atom. The minimum atomic E-state index is -3.68. The Hall–Kier alpha value is -1.31. The SMILES string of the molecule is CCOC(=O)CCCNS(=O)(=O)c1cc(N)c(Cl)cc1C. The third-order valence-corrected chi connectivity index (χ3v) is 4.67. The number of aryl methyl sites for hydroxylation is 1. The molecule has 0 aliphatic rings. The highest BCUT2D eigenvalue weighted by Gasteiger charge is 2.18. The van der Waals surface area contributed by atoms with E-state index in [2.05, 4.69) is 4.72 Å². The van der Waals surface area contributed by atoms with E-state index in [0.717, 1.165) is 0 Å². The summed E-state index contributed by atoms with van der Waals surface area (Å²) in [6, 6.07) is 2.83. The number of nitrogens with one attached hydrogen (secondary N) is 1. The standard InChI is InChI=1S/C13H19ClN2O4S/c1-3-20-13(17)5-4-6-16-21(18,19)12-8-11(15)10(14)7-9(12)2/h7-8,16H,3-6,15H2,1-2H3. The molecule has 1 aromatic rings. The quantitative estimate of drug-likeness (QED) is 0.450. The van der Waals surface area contributed by atoms with Gasteiger partial charge in [-0.05, 0) is 38.0 Å². The summed E-state index contributed by atoms with van der Waals surface area (Å²) in [5, 5.41) is 0.314. The Balaban J connectivity index is 2.66. The molecule has 1 aromatic carbocycles. The molecule has 0 aliphatic carbocycles. The molecule has 0 radical (unpaired) electrons. The number of anilines is 1. The number of ether oxygens (including phenoxy) is 1. The van der Waals surface area contributed by atoms with E-state index in [4.69, 9.17) is 22.1 Å². The normalized spacial score (nSPS) is 11.4. The first-order chi connectivity index (χ1) is 9.77. The number of halogens is 1. The summed E-state index contributed by atoms with van der Waals surface area (Å²) in [5.74, 6) is -0.344. The van der Waals surface area contributed by atoms with Crippen molar-refractivity contribution in [3.05, 3.63) is 22.7 Å². The van der Waals surface area contributed by atoms with E-state index >= 15 is 0 Å². The van der Waals surface area contributed by atoms with E-state index in [1.54, 1.807) is 13.8 Å². The van der Waals surface area contributed by atoms with E-state index < -0.39 is 10.0 Å². The molecule has 21 heavy (non-hydrogen) atoms. The highest BCUT2D eigenvalue weighted by molar-refractivity contribution is 7.89. The van der Waals surface area contributed by atoms with Gasteiger partial charge < -0.3 is 10.5 Å². The van der Waals surface area contributed by atoms with E-state index in [0.29, 0.717) is 23.6 Å². The molecule has 8 heteroatoms. The Labute approximate surface area is 129 Å². The van der Waals surface area contributed by atoms with Crippen LogP contribution in [0.1, 0.15) is 25.3 Å². The molecule has 0 saturated heterocycles. The topological polar surface area (TPSA) is 98.5 Å². The second kappa shape index (κ2) is 7.63. The zero-order valence-corrected chi connectivity index (χ0v) is 13.6. The molecular formula is C13H19ClN2O4S. The summed E-state index contributed by atoms with van der Waals surface area (Å²) < 4.78 is 31.5. The van der Waals surface area contributed by atoms with E-state index in [1.165, 1.54) is 12.1 Å². The fraction of sp³-hybridized carbons (Fsp3) is 0.462. The van der Waals surface area contributed by atoms with Gasteiger partial charge in [-0.15, -0.1) is 0 Å². The van der Waals surface area contributed by atoms with E-state index in [-0.39, 0.29) is 29.5 Å². The number of sulfonamides is 1. The van der Waals surface area contributed by atoms with Crippen LogP contribution in [0, 0.1) is 6.92 Å². The minimum absolute atomic E-state index is 0.0838. The molecule has 0 saturated carbocycles. The molecule has 118 valence electrons. The van der Waals surface area contributed by atoms with Crippen molar-refractivity contribution in [3.8, 4) is 0 Å². The van der Waals surface area contributed by atoms with Crippen molar-refractivity contribution in [2.24, 2.45) is 0 Å². The monoisotopic (exact) mass is 334 g/mol. The largest absolute Gasteiger partial charge is 0.466 e. The van der Waals surface area contributed by atoms with Gasteiger partial charge in [-0.25, -0.2) is 13.1 Å². The summed E-state index contributed by atoms with van der Waals surface area (Å²) in [6.45, 7) is 3.81. The Bertz CT molecular complexity index is 617. The number of carbonyl (C=O) groups excluding carboxylic acids is 1. The van der Waals surface area contributed by atoms with Crippen molar-refractivity contribution in [1.29, 1.82) is 0 Å². The number of esters is 1.